The van der Waals surface area contributed by atoms with Crippen molar-refractivity contribution in [3.63, 3.8) is 0 Å². The SMILES string of the molecule is COCC[C@@]1(n2cnc3c(NC(=O)c4ccccc4)ncnc32)O[C@H](CO)[C@@H](O)[C@H]1O. The van der Waals surface area contributed by atoms with Crippen molar-refractivity contribution in [2.24, 2.45) is 0 Å². The van der Waals surface area contributed by atoms with Gasteiger partial charge in [-0.25, -0.2) is 15.0 Å². The molecule has 1 saturated heterocycles. The second kappa shape index (κ2) is 8.65. The van der Waals surface area contributed by atoms with E-state index in [1.54, 1.807) is 24.3 Å². The summed E-state index contributed by atoms with van der Waals surface area (Å²) in [5.74, 6) is -0.177. The Morgan fingerprint density at radius 2 is 2.03 bits per heavy atom. The first-order valence-electron chi connectivity index (χ1n) is 9.70. The van der Waals surface area contributed by atoms with Gasteiger partial charge in [0.05, 0.1) is 19.5 Å². The van der Waals surface area contributed by atoms with Crippen LogP contribution in [0.25, 0.3) is 11.2 Å². The fourth-order valence-corrected chi connectivity index (χ4v) is 3.76. The van der Waals surface area contributed by atoms with Crippen LogP contribution in [0.1, 0.15) is 16.8 Å². The van der Waals surface area contributed by atoms with Gasteiger partial charge in [0.1, 0.15) is 24.6 Å². The van der Waals surface area contributed by atoms with Gasteiger partial charge >= 0.3 is 0 Å². The van der Waals surface area contributed by atoms with E-state index in [9.17, 15) is 20.1 Å². The number of methoxy groups -OCH3 is 1. The molecule has 1 aromatic carbocycles. The molecule has 11 nitrogen and oxygen atoms in total. The van der Waals surface area contributed by atoms with E-state index in [-0.39, 0.29) is 35.9 Å². The summed E-state index contributed by atoms with van der Waals surface area (Å²) in [6.45, 7) is -0.281. The van der Waals surface area contributed by atoms with Gasteiger partial charge in [-0.2, -0.15) is 0 Å². The third-order valence-electron chi connectivity index (χ3n) is 5.38. The van der Waals surface area contributed by atoms with E-state index in [0.717, 1.165) is 0 Å². The van der Waals surface area contributed by atoms with Crippen LogP contribution in [0.2, 0.25) is 0 Å². The summed E-state index contributed by atoms with van der Waals surface area (Å²) in [4.78, 5) is 25.3. The normalized spacial score (nSPS) is 25.7. The number of rotatable bonds is 7. The lowest BCUT2D eigenvalue weighted by Gasteiger charge is -2.33. The average molecular weight is 429 g/mol. The van der Waals surface area contributed by atoms with Gasteiger partial charge in [0.15, 0.2) is 22.7 Å². The van der Waals surface area contributed by atoms with Gasteiger partial charge in [0.2, 0.25) is 0 Å². The third-order valence-corrected chi connectivity index (χ3v) is 5.38. The molecule has 1 amide bonds. The Hall–Kier alpha value is -2.96. The molecule has 4 rings (SSSR count). The number of nitrogens with one attached hydrogen (secondary N) is 1. The summed E-state index contributed by atoms with van der Waals surface area (Å²) >= 11 is 0. The van der Waals surface area contributed by atoms with Crippen molar-refractivity contribution in [2.45, 2.75) is 30.5 Å². The minimum absolute atomic E-state index is 0.152. The zero-order chi connectivity index (χ0) is 22.0. The van der Waals surface area contributed by atoms with Crippen LogP contribution in [0.4, 0.5) is 5.82 Å². The lowest BCUT2D eigenvalue weighted by Crippen LogP contribution is -2.46. The smallest absolute Gasteiger partial charge is 0.256 e. The summed E-state index contributed by atoms with van der Waals surface area (Å²) < 4.78 is 12.5. The number of carbonyl (C=O) groups excluding carboxylic acids is 1. The molecule has 3 aromatic rings. The number of nitrogens with zero attached hydrogens (tertiary/aromatic N) is 4. The van der Waals surface area contributed by atoms with E-state index in [4.69, 9.17) is 9.47 Å². The quantitative estimate of drug-likeness (QED) is 0.403. The maximum atomic E-state index is 12.6. The first-order chi connectivity index (χ1) is 15.0. The van der Waals surface area contributed by atoms with Gasteiger partial charge in [0.25, 0.3) is 5.91 Å². The maximum Gasteiger partial charge on any atom is 0.256 e. The summed E-state index contributed by atoms with van der Waals surface area (Å²) in [6.07, 6.45) is -0.898. The van der Waals surface area contributed by atoms with Crippen LogP contribution >= 0.6 is 0 Å². The molecule has 0 radical (unpaired) electrons. The zero-order valence-electron chi connectivity index (χ0n) is 16.8. The van der Waals surface area contributed by atoms with Crippen molar-refractivity contribution >= 4 is 22.9 Å². The van der Waals surface area contributed by atoms with Gasteiger partial charge in [-0.3, -0.25) is 9.36 Å². The fourth-order valence-electron chi connectivity index (χ4n) is 3.76. The minimum Gasteiger partial charge on any atom is -0.394 e. The highest BCUT2D eigenvalue weighted by Gasteiger charge is 2.55. The first-order valence-corrected chi connectivity index (χ1v) is 9.70. The highest BCUT2D eigenvalue weighted by molar-refractivity contribution is 6.06. The van der Waals surface area contributed by atoms with Gasteiger partial charge in [-0.1, -0.05) is 18.2 Å². The largest absolute Gasteiger partial charge is 0.394 e. The molecule has 2 aromatic heterocycles. The zero-order valence-corrected chi connectivity index (χ0v) is 16.8. The van der Waals surface area contributed by atoms with E-state index in [1.807, 2.05) is 6.07 Å². The Morgan fingerprint density at radius 1 is 1.26 bits per heavy atom. The van der Waals surface area contributed by atoms with Gasteiger partial charge in [-0.15, -0.1) is 0 Å². The van der Waals surface area contributed by atoms with Crippen molar-refractivity contribution in [2.75, 3.05) is 25.6 Å². The number of aliphatic hydroxyl groups excluding tert-OH is 3. The number of anilines is 1. The molecule has 0 bridgehead atoms. The first kappa shape index (κ1) is 21.3. The topological polar surface area (TPSA) is 152 Å². The van der Waals surface area contributed by atoms with Crippen LogP contribution in [0.5, 0.6) is 0 Å². The van der Waals surface area contributed by atoms with Gasteiger partial charge < -0.3 is 30.1 Å². The highest BCUT2D eigenvalue weighted by Crippen LogP contribution is 2.40. The number of hydrogen-bond donors (Lipinski definition) is 4. The van der Waals surface area contributed by atoms with Crippen LogP contribution < -0.4 is 5.32 Å². The monoisotopic (exact) mass is 429 g/mol. The van der Waals surface area contributed by atoms with Crippen LogP contribution in [0.3, 0.4) is 0 Å². The molecule has 11 heteroatoms. The van der Waals surface area contributed by atoms with Crippen LogP contribution in [0.15, 0.2) is 43.0 Å². The highest BCUT2D eigenvalue weighted by atomic mass is 16.6. The Balaban J connectivity index is 1.74. The molecule has 1 fully saturated rings. The molecular formula is C20H23N5O6. The second-order valence-corrected chi connectivity index (χ2v) is 7.19. The van der Waals surface area contributed by atoms with E-state index in [2.05, 4.69) is 20.3 Å². The van der Waals surface area contributed by atoms with Crippen molar-refractivity contribution in [3.05, 3.63) is 48.5 Å². The minimum atomic E-state index is -1.48. The summed E-state index contributed by atoms with van der Waals surface area (Å²) in [5.41, 5.74) is -0.471. The number of ether oxygens (including phenoxy) is 2. The molecule has 3 heterocycles. The Kier molecular flexibility index (Phi) is 5.94. The predicted molar refractivity (Wildman–Crippen MR) is 108 cm³/mol. The van der Waals surface area contributed by atoms with E-state index in [0.29, 0.717) is 5.56 Å². The number of carbonyl (C=O) groups is 1. The van der Waals surface area contributed by atoms with Crippen LogP contribution in [0, 0.1) is 0 Å². The Labute approximate surface area is 177 Å². The average Bonchev–Trinajstić information content (AvgIpc) is 3.34. The number of aromatic nitrogens is 4. The lowest BCUT2D eigenvalue weighted by atomic mass is 9.99. The summed E-state index contributed by atoms with van der Waals surface area (Å²) in [7, 11) is 1.50. The molecule has 0 aliphatic carbocycles. The molecule has 4 atom stereocenters. The molecule has 1 aliphatic heterocycles. The van der Waals surface area contributed by atoms with Crippen LogP contribution in [-0.4, -0.2) is 79.4 Å². The van der Waals surface area contributed by atoms with Gasteiger partial charge in [0, 0.05) is 19.1 Å². The van der Waals surface area contributed by atoms with Crippen molar-refractivity contribution in [1.82, 2.24) is 19.5 Å². The number of amides is 1. The number of benzene rings is 1. The number of fused-ring (bicyclic) bond motifs is 1. The van der Waals surface area contributed by atoms with Gasteiger partial charge in [-0.05, 0) is 12.1 Å². The number of aliphatic hydroxyl groups is 3. The second-order valence-electron chi connectivity index (χ2n) is 7.19. The molecule has 0 saturated carbocycles. The third kappa shape index (κ3) is 3.66. The van der Waals surface area contributed by atoms with E-state index in [1.165, 1.54) is 24.3 Å². The Bertz CT molecular complexity index is 1060. The van der Waals surface area contributed by atoms with Crippen molar-refractivity contribution < 1.29 is 29.6 Å². The summed E-state index contributed by atoms with van der Waals surface area (Å²) in [6, 6.07) is 8.65. The van der Waals surface area contributed by atoms with Crippen molar-refractivity contribution in [1.29, 1.82) is 0 Å². The molecule has 0 spiro atoms. The van der Waals surface area contributed by atoms with E-state index >= 15 is 0 Å². The lowest BCUT2D eigenvalue weighted by molar-refractivity contribution is -0.157. The van der Waals surface area contributed by atoms with Crippen molar-refractivity contribution in [3.8, 4) is 0 Å². The number of hydrogen-bond acceptors (Lipinski definition) is 9. The number of imidazole rings is 1. The summed E-state index contributed by atoms with van der Waals surface area (Å²) in [5, 5.41) is 33.5. The molecule has 4 N–H and O–H groups in total. The standard InChI is InChI=1S/C20H23N5O6/c1-30-8-7-20(16(28)15(27)13(9-26)31-20)25-11-23-14-17(21-10-22-18(14)25)24-19(29)12-5-3-2-4-6-12/h2-6,10-11,13,15-16,26-28H,7-9H2,1H3,(H,21,22,24,29)/t13-,15-,16-,20-/m1/s1. The van der Waals surface area contributed by atoms with Crippen LogP contribution in [-0.2, 0) is 15.2 Å². The van der Waals surface area contributed by atoms with E-state index < -0.39 is 30.6 Å². The molecular weight excluding hydrogens is 406 g/mol. The molecule has 1 aliphatic rings. The Morgan fingerprint density at radius 3 is 2.71 bits per heavy atom. The fraction of sp³-hybridized carbons (Fsp3) is 0.400. The molecule has 164 valence electrons. The maximum absolute atomic E-state index is 12.6. The molecule has 0 unspecified atom stereocenters. The predicted octanol–water partition coefficient (Wildman–Crippen LogP) is -0.119. The molecule has 31 heavy (non-hydrogen) atoms.